The lowest BCUT2D eigenvalue weighted by atomic mass is 9.92. The minimum Gasteiger partial charge on any atom is -0.317 e. The van der Waals surface area contributed by atoms with Gasteiger partial charge in [-0.05, 0) is 25.9 Å². The van der Waals surface area contributed by atoms with E-state index in [1.165, 1.54) is 0 Å². The third-order valence-corrected chi connectivity index (χ3v) is 2.14. The topological polar surface area (TPSA) is 29.1 Å². The van der Waals surface area contributed by atoms with Gasteiger partial charge >= 0.3 is 0 Å². The molecule has 0 aromatic rings. The molecule has 0 amide bonds. The molecular weight excluding hydrogens is 162 g/mol. The van der Waals surface area contributed by atoms with Crippen molar-refractivity contribution in [2.45, 2.75) is 26.2 Å². The van der Waals surface area contributed by atoms with Crippen molar-refractivity contribution in [3.63, 3.8) is 0 Å². The van der Waals surface area contributed by atoms with E-state index in [1.807, 2.05) is 6.92 Å². The molecule has 0 aliphatic carbocycles. The number of hydrogen-bond acceptors (Lipinski definition) is 2. The van der Waals surface area contributed by atoms with Gasteiger partial charge in [0.2, 0.25) is 0 Å². The van der Waals surface area contributed by atoms with Gasteiger partial charge in [-0.1, -0.05) is 6.92 Å². The minimum atomic E-state index is 0. The average molecular weight is 178 g/mol. The van der Waals surface area contributed by atoms with Crippen LogP contribution in [0.1, 0.15) is 26.2 Å². The Hall–Kier alpha value is -0.0800. The summed E-state index contributed by atoms with van der Waals surface area (Å²) in [5.41, 5.74) is 0. The summed E-state index contributed by atoms with van der Waals surface area (Å²) in [5.74, 6) is 0.813. The number of carbonyl (C=O) groups is 1. The molecule has 1 heterocycles. The predicted molar refractivity (Wildman–Crippen MR) is 48.1 cm³/mol. The highest BCUT2D eigenvalue weighted by atomic mass is 35.5. The van der Waals surface area contributed by atoms with Gasteiger partial charge in [0.1, 0.15) is 5.78 Å². The minimum absolute atomic E-state index is 0. The van der Waals surface area contributed by atoms with Crippen LogP contribution in [0.5, 0.6) is 0 Å². The highest BCUT2D eigenvalue weighted by molar-refractivity contribution is 5.85. The molecule has 1 aliphatic heterocycles. The first-order valence-corrected chi connectivity index (χ1v) is 4.08. The molecule has 3 heteroatoms. The van der Waals surface area contributed by atoms with E-state index in [0.29, 0.717) is 18.1 Å². The van der Waals surface area contributed by atoms with Gasteiger partial charge in [-0.2, -0.15) is 0 Å². The molecule has 0 bridgehead atoms. The van der Waals surface area contributed by atoms with Gasteiger partial charge in [-0.25, -0.2) is 0 Å². The third kappa shape index (κ3) is 3.21. The van der Waals surface area contributed by atoms with E-state index < -0.39 is 0 Å². The summed E-state index contributed by atoms with van der Waals surface area (Å²) < 4.78 is 0. The van der Waals surface area contributed by atoms with Crippen LogP contribution >= 0.6 is 12.4 Å². The van der Waals surface area contributed by atoms with Crippen molar-refractivity contribution in [1.82, 2.24) is 5.32 Å². The molecule has 0 aromatic carbocycles. The average Bonchev–Trinajstić information content (AvgIpc) is 2.05. The lowest BCUT2D eigenvalue weighted by Crippen LogP contribution is -2.31. The Morgan fingerprint density at radius 1 is 1.45 bits per heavy atom. The smallest absolute Gasteiger partial charge is 0.135 e. The number of halogens is 1. The standard InChI is InChI=1S/C8H15NO.ClH/c1-2-8(10)7-3-5-9-6-4-7;/h7,9H,2-6H2,1H3;1H. The quantitative estimate of drug-likeness (QED) is 0.691. The van der Waals surface area contributed by atoms with Crippen molar-refractivity contribution in [2.75, 3.05) is 13.1 Å². The molecule has 66 valence electrons. The van der Waals surface area contributed by atoms with Crippen molar-refractivity contribution in [3.8, 4) is 0 Å². The molecule has 11 heavy (non-hydrogen) atoms. The summed E-state index contributed by atoms with van der Waals surface area (Å²) >= 11 is 0. The molecule has 1 aliphatic rings. The molecule has 2 nitrogen and oxygen atoms in total. The molecule has 1 N–H and O–H groups in total. The van der Waals surface area contributed by atoms with E-state index in [9.17, 15) is 4.79 Å². The molecule has 0 radical (unpaired) electrons. The van der Waals surface area contributed by atoms with Gasteiger partial charge in [0, 0.05) is 12.3 Å². The molecular formula is C8H16ClNO. The number of nitrogens with one attached hydrogen (secondary N) is 1. The first kappa shape index (κ1) is 10.9. The maximum Gasteiger partial charge on any atom is 0.135 e. The van der Waals surface area contributed by atoms with Crippen LogP contribution in [0.4, 0.5) is 0 Å². The Morgan fingerprint density at radius 3 is 2.45 bits per heavy atom. The summed E-state index contributed by atoms with van der Waals surface area (Å²) in [4.78, 5) is 11.1. The summed E-state index contributed by atoms with van der Waals surface area (Å²) in [7, 11) is 0. The summed E-state index contributed by atoms with van der Waals surface area (Å²) in [6.45, 7) is 4.00. The number of piperidine rings is 1. The second kappa shape index (κ2) is 5.56. The third-order valence-electron chi connectivity index (χ3n) is 2.14. The largest absolute Gasteiger partial charge is 0.317 e. The highest BCUT2D eigenvalue weighted by Crippen LogP contribution is 2.13. The van der Waals surface area contributed by atoms with Gasteiger partial charge in [-0.15, -0.1) is 12.4 Å². The molecule has 1 rings (SSSR count). The first-order valence-electron chi connectivity index (χ1n) is 4.08. The lowest BCUT2D eigenvalue weighted by Gasteiger charge is -2.20. The predicted octanol–water partition coefficient (Wildman–Crippen LogP) is 1.39. The Kier molecular flexibility index (Phi) is 5.51. The Balaban J connectivity index is 0.000001000. The second-order valence-electron chi connectivity index (χ2n) is 2.84. The van der Waals surface area contributed by atoms with E-state index in [2.05, 4.69) is 5.32 Å². The van der Waals surface area contributed by atoms with Crippen LogP contribution in [-0.4, -0.2) is 18.9 Å². The second-order valence-corrected chi connectivity index (χ2v) is 2.84. The van der Waals surface area contributed by atoms with Gasteiger partial charge in [0.25, 0.3) is 0 Å². The zero-order chi connectivity index (χ0) is 7.40. The highest BCUT2D eigenvalue weighted by Gasteiger charge is 2.18. The molecule has 0 atom stereocenters. The van der Waals surface area contributed by atoms with Crippen LogP contribution < -0.4 is 5.32 Å². The van der Waals surface area contributed by atoms with Crippen molar-refractivity contribution in [1.29, 1.82) is 0 Å². The first-order chi connectivity index (χ1) is 4.84. The van der Waals surface area contributed by atoms with Crippen molar-refractivity contribution in [3.05, 3.63) is 0 Å². The molecule has 1 saturated heterocycles. The number of carbonyl (C=O) groups excluding carboxylic acids is 1. The summed E-state index contributed by atoms with van der Waals surface area (Å²) in [6.07, 6.45) is 2.81. The van der Waals surface area contributed by atoms with Gasteiger partial charge in [-0.3, -0.25) is 4.79 Å². The fourth-order valence-corrected chi connectivity index (χ4v) is 1.43. The number of rotatable bonds is 2. The van der Waals surface area contributed by atoms with E-state index in [4.69, 9.17) is 0 Å². The summed E-state index contributed by atoms with van der Waals surface area (Å²) in [6, 6.07) is 0. The monoisotopic (exact) mass is 177 g/mol. The molecule has 0 aromatic heterocycles. The zero-order valence-corrected chi connectivity index (χ0v) is 7.75. The fourth-order valence-electron chi connectivity index (χ4n) is 1.43. The molecule has 0 saturated carbocycles. The Morgan fingerprint density at radius 2 is 2.00 bits per heavy atom. The molecule has 0 spiro atoms. The Labute approximate surface area is 74.2 Å². The number of ketones is 1. The van der Waals surface area contributed by atoms with E-state index >= 15 is 0 Å². The van der Waals surface area contributed by atoms with Crippen LogP contribution in [0.3, 0.4) is 0 Å². The number of Topliss-reactive ketones (excluding diaryl/α,β-unsaturated/α-hetero) is 1. The van der Waals surface area contributed by atoms with E-state index in [-0.39, 0.29) is 12.4 Å². The SMILES string of the molecule is CCC(=O)C1CCNCC1.Cl. The molecule has 1 fully saturated rings. The number of hydrogen-bond donors (Lipinski definition) is 1. The van der Waals surface area contributed by atoms with Gasteiger partial charge in [0.15, 0.2) is 0 Å². The van der Waals surface area contributed by atoms with Crippen molar-refractivity contribution in [2.24, 2.45) is 5.92 Å². The molecule has 0 unspecified atom stereocenters. The maximum atomic E-state index is 11.1. The Bertz CT molecular complexity index is 121. The van der Waals surface area contributed by atoms with Crippen molar-refractivity contribution >= 4 is 18.2 Å². The summed E-state index contributed by atoms with van der Waals surface area (Å²) in [5, 5.41) is 3.24. The van der Waals surface area contributed by atoms with E-state index in [1.54, 1.807) is 0 Å². The van der Waals surface area contributed by atoms with E-state index in [0.717, 1.165) is 25.9 Å². The van der Waals surface area contributed by atoms with Crippen LogP contribution in [0.15, 0.2) is 0 Å². The van der Waals surface area contributed by atoms with Crippen molar-refractivity contribution < 1.29 is 4.79 Å². The van der Waals surface area contributed by atoms with Crippen LogP contribution in [0, 0.1) is 5.92 Å². The lowest BCUT2D eigenvalue weighted by molar-refractivity contribution is -0.123. The normalized spacial score (nSPS) is 19.0. The van der Waals surface area contributed by atoms with Crippen LogP contribution in [0.2, 0.25) is 0 Å². The zero-order valence-electron chi connectivity index (χ0n) is 6.93. The fraction of sp³-hybridized carbons (Fsp3) is 0.875. The van der Waals surface area contributed by atoms with Crippen LogP contribution in [0.25, 0.3) is 0 Å². The van der Waals surface area contributed by atoms with Gasteiger partial charge in [0.05, 0.1) is 0 Å². The maximum absolute atomic E-state index is 11.1. The van der Waals surface area contributed by atoms with Crippen LogP contribution in [-0.2, 0) is 4.79 Å². The van der Waals surface area contributed by atoms with Gasteiger partial charge < -0.3 is 5.32 Å².